The average Bonchev–Trinajstić information content (AvgIpc) is 3.33. The molecule has 6 heteroatoms. The van der Waals surface area contributed by atoms with Crippen LogP contribution in [0.3, 0.4) is 0 Å². The second-order valence-electron chi connectivity index (χ2n) is 15.3. The summed E-state index contributed by atoms with van der Waals surface area (Å²) in [6, 6.07) is 0. The van der Waals surface area contributed by atoms with Crippen molar-refractivity contribution >= 4 is 17.9 Å². The van der Waals surface area contributed by atoms with Crippen LogP contribution in [0.1, 0.15) is 149 Å². The van der Waals surface area contributed by atoms with Gasteiger partial charge < -0.3 is 14.2 Å². The lowest BCUT2D eigenvalue weighted by atomic mass is 10.2. The van der Waals surface area contributed by atoms with Crippen LogP contribution < -0.4 is 0 Å². The van der Waals surface area contributed by atoms with E-state index in [1.54, 1.807) is 0 Å². The van der Waals surface area contributed by atoms with Crippen molar-refractivity contribution in [2.24, 2.45) is 0 Å². The molecule has 0 amide bonds. The van der Waals surface area contributed by atoms with Gasteiger partial charge in [0.15, 0.2) is 6.10 Å². The molecule has 0 rings (SSSR count). The molecule has 0 radical (unpaired) electrons. The van der Waals surface area contributed by atoms with Crippen LogP contribution in [0.4, 0.5) is 0 Å². The van der Waals surface area contributed by atoms with E-state index in [0.717, 1.165) is 89.9 Å². The van der Waals surface area contributed by atoms with Crippen LogP contribution in [0, 0.1) is 0 Å². The average molecular weight is 915 g/mol. The maximum Gasteiger partial charge on any atom is 0.306 e. The Hall–Kier alpha value is -5.75. The van der Waals surface area contributed by atoms with Crippen LogP contribution in [0.15, 0.2) is 194 Å². The van der Waals surface area contributed by atoms with Crippen molar-refractivity contribution in [3.63, 3.8) is 0 Å². The molecular formula is C61H86O6. The normalized spacial score (nSPS) is 13.8. The highest BCUT2D eigenvalue weighted by atomic mass is 16.6. The Kier molecular flexibility index (Phi) is 48.3. The Balaban J connectivity index is 4.74. The summed E-state index contributed by atoms with van der Waals surface area (Å²) >= 11 is 0. The largest absolute Gasteiger partial charge is 0.462 e. The molecule has 6 nitrogen and oxygen atoms in total. The van der Waals surface area contributed by atoms with E-state index in [1.807, 2.05) is 66.8 Å². The van der Waals surface area contributed by atoms with Crippen molar-refractivity contribution in [3.05, 3.63) is 194 Å². The molecule has 0 spiro atoms. The highest BCUT2D eigenvalue weighted by molar-refractivity contribution is 5.71. The van der Waals surface area contributed by atoms with Crippen molar-refractivity contribution in [2.45, 2.75) is 155 Å². The number of carbonyl (C=O) groups is 3. The molecule has 0 aliphatic heterocycles. The van der Waals surface area contributed by atoms with Gasteiger partial charge in [-0.2, -0.15) is 0 Å². The Labute approximate surface area is 407 Å². The third-order valence-corrected chi connectivity index (χ3v) is 9.22. The van der Waals surface area contributed by atoms with Crippen LogP contribution >= 0.6 is 0 Å². The Bertz CT molecular complexity index is 1710. The van der Waals surface area contributed by atoms with E-state index in [1.165, 1.54) is 0 Å². The number of unbranched alkanes of at least 4 members (excludes halogenated alkanes) is 2. The number of allylic oxidation sites excluding steroid dienone is 32. The first-order valence-electron chi connectivity index (χ1n) is 25.0. The van der Waals surface area contributed by atoms with Gasteiger partial charge in [-0.15, -0.1) is 0 Å². The van der Waals surface area contributed by atoms with Crippen molar-refractivity contribution in [1.82, 2.24) is 0 Å². The first-order valence-corrected chi connectivity index (χ1v) is 25.0. The van der Waals surface area contributed by atoms with E-state index >= 15 is 0 Å². The molecule has 0 aromatic carbocycles. The fraction of sp³-hybridized carbons (Fsp3) is 0.426. The van der Waals surface area contributed by atoms with Crippen LogP contribution in [0.2, 0.25) is 0 Å². The Morgan fingerprint density at radius 2 is 0.612 bits per heavy atom. The molecule has 67 heavy (non-hydrogen) atoms. The number of esters is 3. The minimum atomic E-state index is -0.879. The quantitative estimate of drug-likeness (QED) is 0.0200. The molecule has 0 saturated heterocycles. The topological polar surface area (TPSA) is 78.9 Å². The SMILES string of the molecule is CC/C=C/C=C/C=C/C=C/C=C/CCCC(=O)OCC(COC(=O)CC/C=C/C/C=C/C/C=C/C/C=C/C/C=C/C/C=C/CC)OC(=O)CCC/C=C/C/C=C/C/C=C/C/C=C/C/C=C/CC. The van der Waals surface area contributed by atoms with Gasteiger partial charge in [0.25, 0.3) is 0 Å². The highest BCUT2D eigenvalue weighted by Crippen LogP contribution is 2.08. The second-order valence-corrected chi connectivity index (χ2v) is 15.3. The molecule has 0 aliphatic rings. The van der Waals surface area contributed by atoms with Crippen molar-refractivity contribution in [1.29, 1.82) is 0 Å². The van der Waals surface area contributed by atoms with Gasteiger partial charge in [0, 0.05) is 19.3 Å². The molecule has 0 aromatic rings. The molecule has 0 aliphatic carbocycles. The summed E-state index contributed by atoms with van der Waals surface area (Å²) in [6.45, 7) is 6.04. The van der Waals surface area contributed by atoms with E-state index < -0.39 is 18.0 Å². The highest BCUT2D eigenvalue weighted by Gasteiger charge is 2.19. The van der Waals surface area contributed by atoms with Crippen LogP contribution in [0.5, 0.6) is 0 Å². The number of hydrogen-bond acceptors (Lipinski definition) is 6. The fourth-order valence-corrected chi connectivity index (χ4v) is 5.59. The Morgan fingerprint density at radius 3 is 1.01 bits per heavy atom. The lowest BCUT2D eigenvalue weighted by Gasteiger charge is -2.18. The number of carbonyl (C=O) groups excluding carboxylic acids is 3. The van der Waals surface area contributed by atoms with Gasteiger partial charge >= 0.3 is 17.9 Å². The van der Waals surface area contributed by atoms with Gasteiger partial charge in [-0.25, -0.2) is 0 Å². The van der Waals surface area contributed by atoms with Gasteiger partial charge in [0.1, 0.15) is 13.2 Å². The molecule has 0 saturated carbocycles. The van der Waals surface area contributed by atoms with Gasteiger partial charge in [0.05, 0.1) is 0 Å². The summed E-state index contributed by atoms with van der Waals surface area (Å²) in [4.78, 5) is 37.9. The number of rotatable bonds is 41. The molecule has 1 atom stereocenters. The zero-order valence-electron chi connectivity index (χ0n) is 41.6. The third-order valence-electron chi connectivity index (χ3n) is 9.22. The zero-order chi connectivity index (χ0) is 48.6. The fourth-order valence-electron chi connectivity index (χ4n) is 5.59. The van der Waals surface area contributed by atoms with Crippen molar-refractivity contribution < 1.29 is 28.6 Å². The number of hydrogen-bond donors (Lipinski definition) is 0. The minimum Gasteiger partial charge on any atom is -0.462 e. The molecule has 0 heterocycles. The summed E-state index contributed by atoms with van der Waals surface area (Å²) in [6.07, 6.45) is 81.5. The van der Waals surface area contributed by atoms with Crippen molar-refractivity contribution in [2.75, 3.05) is 13.2 Å². The first-order chi connectivity index (χ1) is 33.0. The lowest BCUT2D eigenvalue weighted by molar-refractivity contribution is -0.166. The standard InChI is InChI=1S/C61H86O6/c1-4-7-10-13-16-19-22-25-27-29-30-32-33-36-39-42-45-48-51-54-60(63)66-57-58(56-65-59(62)53-50-47-44-41-38-35-24-21-18-15-12-9-6-3)67-61(64)55-52-49-46-43-40-37-34-31-28-26-23-20-17-14-11-8-5-2/h7-12,15-21,24-28,30,32,34-39,41,43-46,48,58H,4-6,13-14,22-23,29,31,33,40,42,47,49-57H2,1-3H3/b10-7+,11-8+,12-9+,18-15+,19-16+,20-17+,24-21+,27-25+,28-26+,32-30+,37-34+,38-35+,39-36+,44-41+,46-43+,48-45+. The number of ether oxygens (including phenoxy) is 3. The lowest BCUT2D eigenvalue weighted by Crippen LogP contribution is -2.30. The first kappa shape index (κ1) is 61.2. The summed E-state index contributed by atoms with van der Waals surface area (Å²) in [5.41, 5.74) is 0. The molecule has 366 valence electrons. The maximum atomic E-state index is 12.8. The molecular weight excluding hydrogens is 829 g/mol. The van der Waals surface area contributed by atoms with Crippen LogP contribution in [0.25, 0.3) is 0 Å². The molecule has 0 fully saturated rings. The predicted octanol–water partition coefficient (Wildman–Crippen LogP) is 16.7. The van der Waals surface area contributed by atoms with Crippen molar-refractivity contribution in [3.8, 4) is 0 Å². The van der Waals surface area contributed by atoms with E-state index in [0.29, 0.717) is 19.3 Å². The summed E-state index contributed by atoms with van der Waals surface area (Å²) in [5, 5.41) is 0. The van der Waals surface area contributed by atoms with E-state index in [-0.39, 0.29) is 38.4 Å². The van der Waals surface area contributed by atoms with Crippen LogP contribution in [-0.4, -0.2) is 37.2 Å². The molecule has 0 N–H and O–H groups in total. The Morgan fingerprint density at radius 1 is 0.313 bits per heavy atom. The van der Waals surface area contributed by atoms with E-state index in [9.17, 15) is 14.4 Å². The van der Waals surface area contributed by atoms with E-state index in [4.69, 9.17) is 14.2 Å². The summed E-state index contributed by atoms with van der Waals surface area (Å²) < 4.78 is 16.6. The predicted molar refractivity (Wildman–Crippen MR) is 287 cm³/mol. The third kappa shape index (κ3) is 51.1. The van der Waals surface area contributed by atoms with Gasteiger partial charge in [-0.05, 0) is 109 Å². The summed E-state index contributed by atoms with van der Waals surface area (Å²) in [7, 11) is 0. The second kappa shape index (κ2) is 52.9. The molecule has 1 unspecified atom stereocenters. The minimum absolute atomic E-state index is 0.173. The monoisotopic (exact) mass is 915 g/mol. The van der Waals surface area contributed by atoms with Gasteiger partial charge in [-0.3, -0.25) is 14.4 Å². The maximum absolute atomic E-state index is 12.8. The smallest absolute Gasteiger partial charge is 0.306 e. The molecule has 0 bridgehead atoms. The van der Waals surface area contributed by atoms with Crippen LogP contribution in [-0.2, 0) is 28.6 Å². The van der Waals surface area contributed by atoms with E-state index in [2.05, 4.69) is 148 Å². The molecule has 0 aromatic heterocycles. The van der Waals surface area contributed by atoms with Gasteiger partial charge in [-0.1, -0.05) is 215 Å². The summed E-state index contributed by atoms with van der Waals surface area (Å²) in [5.74, 6) is -1.21. The zero-order valence-corrected chi connectivity index (χ0v) is 41.6. The van der Waals surface area contributed by atoms with Gasteiger partial charge in [0.2, 0.25) is 0 Å².